The molecule has 0 unspecified atom stereocenters. The molecule has 2 aliphatic heterocycles. The van der Waals surface area contributed by atoms with E-state index in [2.05, 4.69) is 10.3 Å². The van der Waals surface area contributed by atoms with Crippen molar-refractivity contribution in [3.05, 3.63) is 41.7 Å². The van der Waals surface area contributed by atoms with Gasteiger partial charge in [0.05, 0.1) is 23.7 Å². The summed E-state index contributed by atoms with van der Waals surface area (Å²) in [4.78, 5) is 13.8. The monoisotopic (exact) mass is 375 g/mol. The first kappa shape index (κ1) is 17.2. The number of aromatic nitrogens is 3. The molecule has 0 atom stereocenters. The number of benzene rings is 1. The van der Waals surface area contributed by atoms with E-state index in [1.807, 2.05) is 13.1 Å². The summed E-state index contributed by atoms with van der Waals surface area (Å²) < 4.78 is 28.4. The largest absolute Gasteiger partial charge is 0.337 e. The Bertz CT molecular complexity index is 916. The first-order valence-corrected chi connectivity index (χ1v) is 10.1. The quantitative estimate of drug-likeness (QED) is 0.776. The number of nitrogens with zero attached hydrogens (tertiary/aromatic N) is 5. The van der Waals surface area contributed by atoms with Gasteiger partial charge in [-0.3, -0.25) is 4.79 Å². The number of likely N-dealkylation sites (tertiary alicyclic amines) is 1. The van der Waals surface area contributed by atoms with E-state index in [1.165, 1.54) is 4.31 Å². The summed E-state index contributed by atoms with van der Waals surface area (Å²) in [6.07, 6.45) is 3.30. The molecule has 2 fully saturated rings. The van der Waals surface area contributed by atoms with Gasteiger partial charge in [0.25, 0.3) is 0 Å². The molecule has 2 saturated heterocycles. The number of sulfonamides is 1. The fourth-order valence-electron chi connectivity index (χ4n) is 3.27. The number of hydrogen-bond acceptors (Lipinski definition) is 5. The van der Waals surface area contributed by atoms with Crippen molar-refractivity contribution in [3.8, 4) is 0 Å². The van der Waals surface area contributed by atoms with Crippen molar-refractivity contribution < 1.29 is 13.2 Å². The van der Waals surface area contributed by atoms with Crippen LogP contribution in [-0.4, -0.2) is 58.2 Å². The molecular weight excluding hydrogens is 354 g/mol. The second-order valence-electron chi connectivity index (χ2n) is 6.90. The standard InChI is InChI=1S/C17H21N5O3S/c1-13-4-6-16(7-5-13)26(24,25)21-11-15(12-21)22-10-14(18-19-22)9-20-8-2-3-17(20)23/h4-7,10,15H,2-3,8-9,11-12H2,1H3. The molecule has 3 heterocycles. The van der Waals surface area contributed by atoms with Crippen molar-refractivity contribution in [2.45, 2.75) is 37.2 Å². The molecule has 0 spiro atoms. The van der Waals surface area contributed by atoms with Crippen LogP contribution in [0.5, 0.6) is 0 Å². The van der Waals surface area contributed by atoms with Crippen LogP contribution in [0.3, 0.4) is 0 Å². The Labute approximate surface area is 152 Å². The maximum Gasteiger partial charge on any atom is 0.243 e. The SMILES string of the molecule is Cc1ccc(S(=O)(=O)N2CC(n3cc(CN4CCCC4=O)nn3)C2)cc1. The first-order chi connectivity index (χ1) is 12.4. The molecular formula is C17H21N5O3S. The summed E-state index contributed by atoms with van der Waals surface area (Å²) in [5.41, 5.74) is 1.76. The molecule has 1 aromatic heterocycles. The van der Waals surface area contributed by atoms with Gasteiger partial charge in [-0.15, -0.1) is 5.10 Å². The Morgan fingerprint density at radius 1 is 1.19 bits per heavy atom. The molecule has 0 saturated carbocycles. The number of amides is 1. The Morgan fingerprint density at radius 2 is 1.92 bits per heavy atom. The van der Waals surface area contributed by atoms with Gasteiger partial charge in [-0.25, -0.2) is 13.1 Å². The predicted molar refractivity (Wildman–Crippen MR) is 93.6 cm³/mol. The van der Waals surface area contributed by atoms with Crippen molar-refractivity contribution in [1.82, 2.24) is 24.2 Å². The highest BCUT2D eigenvalue weighted by molar-refractivity contribution is 7.89. The molecule has 26 heavy (non-hydrogen) atoms. The van der Waals surface area contributed by atoms with Crippen LogP contribution in [0.15, 0.2) is 35.4 Å². The van der Waals surface area contributed by atoms with Crippen molar-refractivity contribution in [2.24, 2.45) is 0 Å². The summed E-state index contributed by atoms with van der Waals surface area (Å²) >= 11 is 0. The molecule has 138 valence electrons. The highest BCUT2D eigenvalue weighted by Gasteiger charge is 2.38. The fourth-order valence-corrected chi connectivity index (χ4v) is 4.79. The predicted octanol–water partition coefficient (Wildman–Crippen LogP) is 0.955. The van der Waals surface area contributed by atoms with Crippen LogP contribution in [0.1, 0.15) is 30.1 Å². The molecule has 0 radical (unpaired) electrons. The van der Waals surface area contributed by atoms with Gasteiger partial charge < -0.3 is 4.90 Å². The Kier molecular flexibility index (Phi) is 4.28. The third kappa shape index (κ3) is 3.12. The lowest BCUT2D eigenvalue weighted by Gasteiger charge is -2.37. The van der Waals surface area contributed by atoms with E-state index in [0.717, 1.165) is 24.2 Å². The van der Waals surface area contributed by atoms with Crippen LogP contribution in [0.4, 0.5) is 0 Å². The molecule has 2 aliphatic rings. The van der Waals surface area contributed by atoms with Crippen molar-refractivity contribution in [2.75, 3.05) is 19.6 Å². The number of rotatable bonds is 5. The summed E-state index contributed by atoms with van der Waals surface area (Å²) in [7, 11) is -3.46. The zero-order valence-corrected chi connectivity index (χ0v) is 15.4. The molecule has 0 N–H and O–H groups in total. The average Bonchev–Trinajstić information content (AvgIpc) is 3.16. The minimum absolute atomic E-state index is 0.0225. The van der Waals surface area contributed by atoms with Gasteiger partial charge in [-0.2, -0.15) is 4.31 Å². The lowest BCUT2D eigenvalue weighted by Crippen LogP contribution is -2.50. The minimum atomic E-state index is -3.46. The molecule has 0 aliphatic carbocycles. The average molecular weight is 375 g/mol. The highest BCUT2D eigenvalue weighted by atomic mass is 32.2. The van der Waals surface area contributed by atoms with Gasteiger partial charge in [0, 0.05) is 26.1 Å². The zero-order valence-electron chi connectivity index (χ0n) is 14.6. The second-order valence-corrected chi connectivity index (χ2v) is 8.84. The summed E-state index contributed by atoms with van der Waals surface area (Å²) in [6.45, 7) is 3.91. The van der Waals surface area contributed by atoms with Gasteiger partial charge in [0.2, 0.25) is 15.9 Å². The van der Waals surface area contributed by atoms with Crippen molar-refractivity contribution >= 4 is 15.9 Å². The topological polar surface area (TPSA) is 88.4 Å². The van der Waals surface area contributed by atoms with E-state index < -0.39 is 10.0 Å². The molecule has 8 nitrogen and oxygen atoms in total. The maximum atomic E-state index is 12.6. The normalized spacial score (nSPS) is 19.1. The zero-order chi connectivity index (χ0) is 18.3. The third-order valence-electron chi connectivity index (χ3n) is 4.94. The molecule has 2 aromatic rings. The van der Waals surface area contributed by atoms with Crippen LogP contribution in [0.2, 0.25) is 0 Å². The smallest absolute Gasteiger partial charge is 0.243 e. The molecule has 0 bridgehead atoms. The van der Waals surface area contributed by atoms with Crippen LogP contribution in [-0.2, 0) is 21.4 Å². The van der Waals surface area contributed by atoms with Crippen LogP contribution in [0, 0.1) is 6.92 Å². The summed E-state index contributed by atoms with van der Waals surface area (Å²) in [5, 5.41) is 8.24. The van der Waals surface area contributed by atoms with Crippen LogP contribution >= 0.6 is 0 Å². The fraction of sp³-hybridized carbons (Fsp3) is 0.471. The van der Waals surface area contributed by atoms with Crippen molar-refractivity contribution in [1.29, 1.82) is 0 Å². The molecule has 1 amide bonds. The van der Waals surface area contributed by atoms with E-state index in [9.17, 15) is 13.2 Å². The third-order valence-corrected chi connectivity index (χ3v) is 6.79. The highest BCUT2D eigenvalue weighted by Crippen LogP contribution is 2.28. The maximum absolute atomic E-state index is 12.6. The Balaban J connectivity index is 1.39. The lowest BCUT2D eigenvalue weighted by atomic mass is 10.2. The Morgan fingerprint density at radius 3 is 2.58 bits per heavy atom. The van der Waals surface area contributed by atoms with E-state index in [0.29, 0.717) is 31.0 Å². The summed E-state index contributed by atoms with van der Waals surface area (Å²) in [6, 6.07) is 6.85. The number of carbonyl (C=O) groups is 1. The number of carbonyl (C=O) groups excluding carboxylic acids is 1. The van der Waals surface area contributed by atoms with E-state index in [1.54, 1.807) is 33.8 Å². The van der Waals surface area contributed by atoms with Gasteiger partial charge in [0.1, 0.15) is 5.69 Å². The minimum Gasteiger partial charge on any atom is -0.337 e. The van der Waals surface area contributed by atoms with Gasteiger partial charge >= 0.3 is 0 Å². The molecule has 9 heteroatoms. The second kappa shape index (κ2) is 6.48. The van der Waals surface area contributed by atoms with Crippen molar-refractivity contribution in [3.63, 3.8) is 0 Å². The van der Waals surface area contributed by atoms with Crippen LogP contribution < -0.4 is 0 Å². The first-order valence-electron chi connectivity index (χ1n) is 8.69. The van der Waals surface area contributed by atoms with E-state index >= 15 is 0 Å². The lowest BCUT2D eigenvalue weighted by molar-refractivity contribution is -0.128. The molecule has 4 rings (SSSR count). The van der Waals surface area contributed by atoms with Crippen LogP contribution in [0.25, 0.3) is 0 Å². The number of hydrogen-bond donors (Lipinski definition) is 0. The molecule has 1 aromatic carbocycles. The van der Waals surface area contributed by atoms with Gasteiger partial charge in [0.15, 0.2) is 0 Å². The van der Waals surface area contributed by atoms with E-state index in [4.69, 9.17) is 0 Å². The van der Waals surface area contributed by atoms with E-state index in [-0.39, 0.29) is 11.9 Å². The Hall–Kier alpha value is -2.26. The summed E-state index contributed by atoms with van der Waals surface area (Å²) in [5.74, 6) is 0.151. The van der Waals surface area contributed by atoms with Gasteiger partial charge in [-0.05, 0) is 25.5 Å². The van der Waals surface area contributed by atoms with Gasteiger partial charge in [-0.1, -0.05) is 22.9 Å². The number of aryl methyl sites for hydroxylation is 1.